The number of hydrogen-bond acceptors (Lipinski definition) is 2. The van der Waals surface area contributed by atoms with Crippen molar-refractivity contribution in [3.8, 4) is 22.3 Å². The van der Waals surface area contributed by atoms with Crippen molar-refractivity contribution in [2.24, 2.45) is 0 Å². The van der Waals surface area contributed by atoms with Crippen molar-refractivity contribution in [2.75, 3.05) is 9.80 Å². The van der Waals surface area contributed by atoms with E-state index in [1.165, 1.54) is 65.7 Å². The van der Waals surface area contributed by atoms with Crippen LogP contribution in [0.3, 0.4) is 0 Å². The molecule has 0 radical (unpaired) electrons. The summed E-state index contributed by atoms with van der Waals surface area (Å²) in [6.45, 7) is 8.47. The standard InChI is InChI=1S/C54H40N2.C2H6/c1-37-34-43(39-16-7-3-8-17-39)28-32-49(37)55(45-22-11-5-12-23-45)51-36-52(48-31-27-42-21-15-20-41-26-30-47(51)54(48)53(41)42)56(46-24-13-6-14-25-46)50-33-29-44(35-38(50)2)40-18-9-4-10-19-40;1-2/h3-5,7-13,16-20,22-36H,15,21H2,1-2H3;1-2H3. The number of benzene rings is 8. The first kappa shape index (κ1) is 36.6. The number of hydrogen-bond donors (Lipinski definition) is 0. The van der Waals surface area contributed by atoms with E-state index in [0.29, 0.717) is 0 Å². The fourth-order valence-corrected chi connectivity index (χ4v) is 8.74. The molecule has 1 aliphatic rings. The highest BCUT2D eigenvalue weighted by atomic mass is 15.2. The molecule has 280 valence electrons. The Morgan fingerprint density at radius 3 is 1.55 bits per heavy atom. The van der Waals surface area contributed by atoms with Crippen LogP contribution < -0.4 is 15.0 Å². The van der Waals surface area contributed by atoms with Crippen molar-refractivity contribution in [2.45, 2.75) is 40.5 Å². The number of nitrogens with zero attached hydrogens (tertiary/aromatic N) is 2. The van der Waals surface area contributed by atoms with Gasteiger partial charge in [-0.25, -0.2) is 0 Å². The van der Waals surface area contributed by atoms with Crippen molar-refractivity contribution in [1.82, 2.24) is 0 Å². The molecule has 9 aromatic rings. The molecular formula is C56H46N2. The van der Waals surface area contributed by atoms with Gasteiger partial charge in [0, 0.05) is 39.3 Å². The molecule has 0 saturated carbocycles. The molecule has 0 atom stereocenters. The van der Waals surface area contributed by atoms with E-state index >= 15 is 0 Å². The predicted molar refractivity (Wildman–Crippen MR) is 248 cm³/mol. The lowest BCUT2D eigenvalue weighted by atomic mass is 9.88. The van der Waals surface area contributed by atoms with Crippen molar-refractivity contribution in [1.29, 1.82) is 0 Å². The molecular weight excluding hydrogens is 701 g/mol. The van der Waals surface area contributed by atoms with Crippen LogP contribution in [0, 0.1) is 26.0 Å². The summed E-state index contributed by atoms with van der Waals surface area (Å²) in [6, 6.07) is 70.3. The fraction of sp³-hybridized carbons (Fsp3) is 0.107. The van der Waals surface area contributed by atoms with Crippen LogP contribution in [0.1, 0.15) is 37.0 Å². The van der Waals surface area contributed by atoms with E-state index in [4.69, 9.17) is 0 Å². The minimum absolute atomic E-state index is 1.04. The third-order valence-corrected chi connectivity index (χ3v) is 11.4. The third-order valence-electron chi connectivity index (χ3n) is 11.4. The average Bonchev–Trinajstić information content (AvgIpc) is 3.29. The fourth-order valence-electron chi connectivity index (χ4n) is 8.74. The molecule has 0 unspecified atom stereocenters. The zero-order valence-electron chi connectivity index (χ0n) is 33.6. The third kappa shape index (κ3) is 6.55. The summed E-state index contributed by atoms with van der Waals surface area (Å²) >= 11 is 0. The Balaban J connectivity index is 0.00000215. The normalized spacial score (nSPS) is 11.7. The second kappa shape index (κ2) is 15.8. The van der Waals surface area contributed by atoms with Crippen LogP contribution in [0.5, 0.6) is 0 Å². The predicted octanol–water partition coefficient (Wildman–Crippen LogP) is 15.0. The molecule has 0 saturated heterocycles. The molecule has 2 nitrogen and oxygen atoms in total. The molecule has 0 spiro atoms. The lowest BCUT2D eigenvalue weighted by Crippen LogP contribution is -2.17. The summed E-state index contributed by atoms with van der Waals surface area (Å²) in [7, 11) is 0. The van der Waals surface area contributed by atoms with Crippen molar-refractivity contribution in [3.63, 3.8) is 0 Å². The average molecular weight is 747 g/mol. The van der Waals surface area contributed by atoms with Gasteiger partial charge in [-0.15, -0.1) is 0 Å². The first-order valence-electron chi connectivity index (χ1n) is 20.5. The van der Waals surface area contributed by atoms with Gasteiger partial charge in [-0.2, -0.15) is 0 Å². The molecule has 0 aliphatic heterocycles. The molecule has 0 amide bonds. The zero-order chi connectivity index (χ0) is 39.6. The molecule has 10 rings (SSSR count). The van der Waals surface area contributed by atoms with Crippen LogP contribution in [-0.4, -0.2) is 0 Å². The van der Waals surface area contributed by atoms with Crippen molar-refractivity contribution >= 4 is 61.7 Å². The first-order chi connectivity index (χ1) is 28.6. The van der Waals surface area contributed by atoms with Gasteiger partial charge in [0.05, 0.1) is 17.1 Å². The topological polar surface area (TPSA) is 6.48 Å². The monoisotopic (exact) mass is 746 g/mol. The van der Waals surface area contributed by atoms with E-state index in [9.17, 15) is 0 Å². The molecule has 9 aromatic carbocycles. The maximum Gasteiger partial charge on any atom is 0.0561 e. The van der Waals surface area contributed by atoms with Crippen LogP contribution in [0.25, 0.3) is 49.9 Å². The van der Waals surface area contributed by atoms with Crippen LogP contribution in [0.4, 0.5) is 34.1 Å². The zero-order valence-corrected chi connectivity index (χ0v) is 33.6. The van der Waals surface area contributed by atoms with Gasteiger partial charge in [-0.1, -0.05) is 147 Å². The molecule has 58 heavy (non-hydrogen) atoms. The first-order valence-corrected chi connectivity index (χ1v) is 20.5. The second-order valence-electron chi connectivity index (χ2n) is 14.8. The van der Waals surface area contributed by atoms with E-state index in [1.54, 1.807) is 0 Å². The van der Waals surface area contributed by atoms with Gasteiger partial charge in [-0.3, -0.25) is 0 Å². The SMILES string of the molecule is CC.Cc1cc(-c2ccccc2)ccc1N(c1cc#ccc1)c1cc(N(c2ccccc2)c2ccc(-c3ccccc3)cc2C)c2ccc3c4c(ccc1c24)CCC=3. The quantitative estimate of drug-likeness (QED) is 0.153. The summed E-state index contributed by atoms with van der Waals surface area (Å²) in [6.07, 6.45) is 4.51. The summed E-state index contributed by atoms with van der Waals surface area (Å²) in [5, 5.41) is 6.45. The Bertz CT molecular complexity index is 2760. The van der Waals surface area contributed by atoms with E-state index in [0.717, 1.165) is 47.0 Å². The highest BCUT2D eigenvalue weighted by Crippen LogP contribution is 2.50. The molecule has 1 aliphatic carbocycles. The molecule has 0 N–H and O–H groups in total. The van der Waals surface area contributed by atoms with Gasteiger partial charge in [0.15, 0.2) is 0 Å². The molecule has 0 bridgehead atoms. The van der Waals surface area contributed by atoms with Gasteiger partial charge < -0.3 is 9.80 Å². The van der Waals surface area contributed by atoms with Crippen molar-refractivity contribution < 1.29 is 0 Å². The molecule has 0 heterocycles. The van der Waals surface area contributed by atoms with Gasteiger partial charge >= 0.3 is 0 Å². The maximum absolute atomic E-state index is 3.28. The van der Waals surface area contributed by atoms with Gasteiger partial charge in [-0.05, 0) is 131 Å². The molecule has 0 fully saturated rings. The number of aryl methyl sites for hydroxylation is 3. The second-order valence-corrected chi connectivity index (χ2v) is 14.8. The lowest BCUT2D eigenvalue weighted by molar-refractivity contribution is 1.04. The van der Waals surface area contributed by atoms with Gasteiger partial charge in [0.1, 0.15) is 0 Å². The summed E-state index contributed by atoms with van der Waals surface area (Å²) in [4.78, 5) is 4.90. The van der Waals surface area contributed by atoms with Crippen LogP contribution in [-0.2, 0) is 6.42 Å². The summed E-state index contributed by atoms with van der Waals surface area (Å²) in [5.41, 5.74) is 15.3. The van der Waals surface area contributed by atoms with E-state index in [1.807, 2.05) is 19.9 Å². The van der Waals surface area contributed by atoms with E-state index < -0.39 is 0 Å². The minimum Gasteiger partial charge on any atom is -0.310 e. The Morgan fingerprint density at radius 2 is 1.00 bits per heavy atom. The summed E-state index contributed by atoms with van der Waals surface area (Å²) < 4.78 is 0. The molecule has 2 heteroatoms. The van der Waals surface area contributed by atoms with E-state index in [2.05, 4.69) is 212 Å². The van der Waals surface area contributed by atoms with Gasteiger partial charge in [0.2, 0.25) is 0 Å². The number of anilines is 6. The lowest BCUT2D eigenvalue weighted by Gasteiger charge is -2.33. The smallest absolute Gasteiger partial charge is 0.0561 e. The Kier molecular flexibility index (Phi) is 9.97. The Labute approximate surface area is 343 Å². The highest BCUT2D eigenvalue weighted by molar-refractivity contribution is 6.22. The number of para-hydroxylation sites is 1. The Hall–Kier alpha value is -7.08. The van der Waals surface area contributed by atoms with Gasteiger partial charge in [0.25, 0.3) is 0 Å². The molecule has 0 aromatic heterocycles. The highest BCUT2D eigenvalue weighted by Gasteiger charge is 2.26. The Morgan fingerprint density at radius 1 is 0.448 bits per heavy atom. The van der Waals surface area contributed by atoms with Crippen LogP contribution in [0.2, 0.25) is 0 Å². The van der Waals surface area contributed by atoms with Crippen LogP contribution >= 0.6 is 0 Å². The minimum atomic E-state index is 1.04. The van der Waals surface area contributed by atoms with E-state index in [-0.39, 0.29) is 0 Å². The number of rotatable bonds is 8. The maximum atomic E-state index is 3.28. The van der Waals surface area contributed by atoms with Crippen LogP contribution in [0.15, 0.2) is 176 Å². The summed E-state index contributed by atoms with van der Waals surface area (Å²) in [5.74, 6) is 0. The largest absolute Gasteiger partial charge is 0.310 e. The van der Waals surface area contributed by atoms with Crippen molar-refractivity contribution in [3.05, 3.63) is 210 Å².